The van der Waals surface area contributed by atoms with Crippen LogP contribution in [0.25, 0.3) is 0 Å². The molecule has 0 spiro atoms. The van der Waals surface area contributed by atoms with Gasteiger partial charge in [-0.05, 0) is 54.0 Å². The lowest BCUT2D eigenvalue weighted by atomic mass is 10.1. The summed E-state index contributed by atoms with van der Waals surface area (Å²) in [4.78, 5) is 5.01. The molecule has 1 aliphatic heterocycles. The summed E-state index contributed by atoms with van der Waals surface area (Å²) in [6.45, 7) is 23.6. The number of hydrogen-bond donors (Lipinski definition) is 0. The highest BCUT2D eigenvalue weighted by Gasteiger charge is 2.46. The molecule has 0 saturated carbocycles. The first kappa shape index (κ1) is 28.3. The van der Waals surface area contributed by atoms with E-state index in [1.54, 1.807) is 0 Å². The molecular formula is C29H47NO3Si2. The van der Waals surface area contributed by atoms with Crippen molar-refractivity contribution in [2.24, 2.45) is 0 Å². The maximum absolute atomic E-state index is 6.93. The van der Waals surface area contributed by atoms with Crippen molar-refractivity contribution in [3.8, 4) is 0 Å². The van der Waals surface area contributed by atoms with Crippen LogP contribution in [0.4, 0.5) is 0 Å². The smallest absolute Gasteiger partial charge is 0.192 e. The quantitative estimate of drug-likeness (QED) is 0.336. The van der Waals surface area contributed by atoms with Gasteiger partial charge in [0.05, 0.1) is 18.4 Å². The minimum absolute atomic E-state index is 0.0187. The molecule has 0 radical (unpaired) electrons. The average Bonchev–Trinajstić information content (AvgIpc) is 3.14. The molecule has 3 atom stereocenters. The van der Waals surface area contributed by atoms with E-state index in [9.17, 15) is 0 Å². The van der Waals surface area contributed by atoms with Gasteiger partial charge in [-0.1, -0.05) is 77.9 Å². The summed E-state index contributed by atoms with van der Waals surface area (Å²) in [5.74, 6) is 0. The van der Waals surface area contributed by atoms with E-state index in [4.69, 9.17) is 18.6 Å². The van der Waals surface area contributed by atoms with Crippen LogP contribution in [-0.2, 0) is 20.0 Å². The van der Waals surface area contributed by atoms with Crippen molar-refractivity contribution < 1.29 is 13.6 Å². The van der Waals surface area contributed by atoms with Crippen LogP contribution < -0.4 is 0 Å². The third-order valence-corrected chi connectivity index (χ3v) is 17.3. The Morgan fingerprint density at radius 1 is 0.857 bits per heavy atom. The number of rotatable bonds is 8. The Bertz CT molecular complexity index is 964. The molecule has 0 N–H and O–H groups in total. The molecule has 0 amide bonds. The Hall–Kier alpha value is -1.32. The van der Waals surface area contributed by atoms with E-state index in [2.05, 4.69) is 110 Å². The molecule has 2 heterocycles. The second-order valence-corrected chi connectivity index (χ2v) is 22.7. The number of hydrogen-bond acceptors (Lipinski definition) is 4. The molecule has 2 aromatic rings. The highest BCUT2D eigenvalue weighted by Crippen LogP contribution is 2.43. The van der Waals surface area contributed by atoms with Gasteiger partial charge in [0.15, 0.2) is 16.6 Å². The topological polar surface area (TPSA) is 40.6 Å². The van der Waals surface area contributed by atoms with Crippen LogP contribution in [0.1, 0.15) is 71.0 Å². The van der Waals surface area contributed by atoms with Gasteiger partial charge in [-0.15, -0.1) is 0 Å². The molecule has 194 valence electrons. The van der Waals surface area contributed by atoms with E-state index in [-0.39, 0.29) is 28.4 Å². The minimum atomic E-state index is -1.96. The highest BCUT2D eigenvalue weighted by molar-refractivity contribution is 6.74. The summed E-state index contributed by atoms with van der Waals surface area (Å²) in [5.41, 5.74) is 3.33. The van der Waals surface area contributed by atoms with Crippen LogP contribution in [-0.4, -0.2) is 40.4 Å². The molecule has 1 fully saturated rings. The van der Waals surface area contributed by atoms with Crippen molar-refractivity contribution in [2.75, 3.05) is 6.61 Å². The van der Waals surface area contributed by atoms with Gasteiger partial charge in [-0.25, -0.2) is 0 Å². The summed E-state index contributed by atoms with van der Waals surface area (Å²) in [6, 6.07) is 16.8. The van der Waals surface area contributed by atoms with Crippen molar-refractivity contribution in [3.05, 3.63) is 65.5 Å². The summed E-state index contributed by atoms with van der Waals surface area (Å²) in [6.07, 6.45) is 1.50. The zero-order valence-electron chi connectivity index (χ0n) is 23.6. The standard InChI is InChI=1S/C29H47NO3Si2/c1-28(2,3)34(7,8)31-21-27-26(33-35(9,10)29(4,5)6)20-25(32-27)24-18-14-17-23(30-24)19-22-15-12-11-13-16-22/h11-18,25-27H,19-21H2,1-10H3/t25-,26+,27-/m1/s1. The molecule has 1 saturated heterocycles. The van der Waals surface area contributed by atoms with Crippen LogP contribution in [0.15, 0.2) is 48.5 Å². The molecule has 0 bridgehead atoms. The Morgan fingerprint density at radius 2 is 1.49 bits per heavy atom. The SMILES string of the molecule is CC(C)(C)[Si](C)(C)OC[C@H]1O[C@@H](c2cccc(Cc3ccccc3)n2)C[C@@H]1O[Si](C)(C)C(C)(C)C. The van der Waals surface area contributed by atoms with Crippen molar-refractivity contribution in [1.82, 2.24) is 4.98 Å². The Balaban J connectivity index is 1.80. The maximum Gasteiger partial charge on any atom is 0.192 e. The number of nitrogens with zero attached hydrogens (tertiary/aromatic N) is 1. The molecule has 4 nitrogen and oxygen atoms in total. The molecule has 35 heavy (non-hydrogen) atoms. The lowest BCUT2D eigenvalue weighted by Crippen LogP contribution is -2.48. The summed E-state index contributed by atoms with van der Waals surface area (Å²) in [7, 11) is -3.85. The van der Waals surface area contributed by atoms with Crippen LogP contribution in [0.3, 0.4) is 0 Å². The van der Waals surface area contributed by atoms with E-state index in [1.807, 2.05) is 6.07 Å². The van der Waals surface area contributed by atoms with Gasteiger partial charge in [-0.3, -0.25) is 4.98 Å². The summed E-state index contributed by atoms with van der Waals surface area (Å²) >= 11 is 0. The van der Waals surface area contributed by atoms with Gasteiger partial charge in [0.25, 0.3) is 0 Å². The zero-order valence-corrected chi connectivity index (χ0v) is 25.6. The second kappa shape index (κ2) is 10.6. The molecule has 1 aromatic heterocycles. The normalized spacial score (nSPS) is 21.9. The highest BCUT2D eigenvalue weighted by atomic mass is 28.4. The fourth-order valence-electron chi connectivity index (χ4n) is 3.82. The Morgan fingerprint density at radius 3 is 2.09 bits per heavy atom. The zero-order chi connectivity index (χ0) is 26.1. The number of pyridine rings is 1. The maximum atomic E-state index is 6.93. The first-order chi connectivity index (χ1) is 16.1. The van der Waals surface area contributed by atoms with E-state index in [0.29, 0.717) is 6.61 Å². The van der Waals surface area contributed by atoms with Crippen LogP contribution in [0.5, 0.6) is 0 Å². The first-order valence-corrected chi connectivity index (χ1v) is 18.9. The van der Waals surface area contributed by atoms with E-state index >= 15 is 0 Å². The van der Waals surface area contributed by atoms with Crippen molar-refractivity contribution in [3.63, 3.8) is 0 Å². The molecule has 0 unspecified atom stereocenters. The van der Waals surface area contributed by atoms with Crippen molar-refractivity contribution in [2.45, 2.75) is 109 Å². The van der Waals surface area contributed by atoms with Crippen molar-refractivity contribution in [1.29, 1.82) is 0 Å². The number of benzene rings is 1. The Kier molecular flexibility index (Phi) is 8.54. The Labute approximate surface area is 216 Å². The van der Waals surface area contributed by atoms with Crippen LogP contribution >= 0.6 is 0 Å². The van der Waals surface area contributed by atoms with Gasteiger partial charge in [0.2, 0.25) is 0 Å². The predicted octanol–water partition coefficient (Wildman–Crippen LogP) is 7.91. The fourth-order valence-corrected chi connectivity index (χ4v) is 6.19. The van der Waals surface area contributed by atoms with E-state index in [1.165, 1.54) is 5.56 Å². The largest absolute Gasteiger partial charge is 0.414 e. The van der Waals surface area contributed by atoms with Gasteiger partial charge in [0.1, 0.15) is 12.2 Å². The third-order valence-electron chi connectivity index (χ3n) is 8.25. The molecule has 6 heteroatoms. The lowest BCUT2D eigenvalue weighted by molar-refractivity contribution is -0.0176. The van der Waals surface area contributed by atoms with Crippen LogP contribution in [0, 0.1) is 0 Å². The predicted molar refractivity (Wildman–Crippen MR) is 151 cm³/mol. The number of aromatic nitrogens is 1. The molecule has 1 aromatic carbocycles. The van der Waals surface area contributed by atoms with Gasteiger partial charge in [-0.2, -0.15) is 0 Å². The van der Waals surface area contributed by atoms with E-state index < -0.39 is 16.6 Å². The minimum Gasteiger partial charge on any atom is -0.414 e. The van der Waals surface area contributed by atoms with Crippen molar-refractivity contribution >= 4 is 16.6 Å². The second-order valence-electron chi connectivity index (χ2n) is 13.1. The molecular weight excluding hydrogens is 466 g/mol. The summed E-state index contributed by atoms with van der Waals surface area (Å²) < 4.78 is 20.2. The van der Waals surface area contributed by atoms with Crippen LogP contribution in [0.2, 0.25) is 36.3 Å². The average molecular weight is 514 g/mol. The third kappa shape index (κ3) is 7.13. The molecule has 3 rings (SSSR count). The van der Waals surface area contributed by atoms with E-state index in [0.717, 1.165) is 24.2 Å². The van der Waals surface area contributed by atoms with Gasteiger partial charge in [0, 0.05) is 18.5 Å². The lowest BCUT2D eigenvalue weighted by Gasteiger charge is -2.40. The number of ether oxygens (including phenoxy) is 1. The van der Waals surface area contributed by atoms with Gasteiger partial charge >= 0.3 is 0 Å². The fraction of sp³-hybridized carbons (Fsp3) is 0.621. The first-order valence-electron chi connectivity index (χ1n) is 13.1. The van der Waals surface area contributed by atoms with Gasteiger partial charge < -0.3 is 13.6 Å². The summed E-state index contributed by atoms with van der Waals surface area (Å²) in [5, 5.41) is 0.303. The molecule has 0 aliphatic carbocycles. The monoisotopic (exact) mass is 513 g/mol. The molecule has 1 aliphatic rings.